The summed E-state index contributed by atoms with van der Waals surface area (Å²) in [7, 11) is 0. The average molecular weight is 343 g/mol. The first-order chi connectivity index (χ1) is 10.8. The lowest BCUT2D eigenvalue weighted by molar-refractivity contribution is -0.308. The number of aliphatic carboxylic acids is 1. The van der Waals surface area contributed by atoms with Crippen LogP contribution in [0.3, 0.4) is 0 Å². The van der Waals surface area contributed by atoms with Crippen LogP contribution in [0, 0.1) is 11.8 Å². The van der Waals surface area contributed by atoms with Gasteiger partial charge < -0.3 is 25.3 Å². The van der Waals surface area contributed by atoms with Crippen molar-refractivity contribution in [2.75, 3.05) is 0 Å². The fourth-order valence-corrected chi connectivity index (χ4v) is 2.11. The standard InChI is InChI=1S/C17H32N2O5/c1-10(2)8-12(19-16(23)24-17(5,6)7)14(20)18-13(15(21)22)9-11(3)4/h10-13H,8-9H2,1-7H3,(H,18,20)(H,19,23)(H,21,22)/p-1/t12-,13+/m0/s1. The number of hydrogen-bond acceptors (Lipinski definition) is 5. The number of amides is 2. The number of hydrogen-bond donors (Lipinski definition) is 2. The SMILES string of the molecule is CC(C)C[C@H](NC(=O)OC(C)(C)C)C(=O)N[C@H](CC(C)C)C(=O)[O-]. The summed E-state index contributed by atoms with van der Waals surface area (Å²) >= 11 is 0. The Morgan fingerprint density at radius 3 is 1.75 bits per heavy atom. The predicted molar refractivity (Wildman–Crippen MR) is 89.0 cm³/mol. The Morgan fingerprint density at radius 2 is 1.38 bits per heavy atom. The summed E-state index contributed by atoms with van der Waals surface area (Å²) in [6.07, 6.45) is -0.0845. The van der Waals surface area contributed by atoms with Crippen molar-refractivity contribution in [1.29, 1.82) is 0 Å². The van der Waals surface area contributed by atoms with Crippen LogP contribution < -0.4 is 15.7 Å². The first-order valence-corrected chi connectivity index (χ1v) is 8.32. The smallest absolute Gasteiger partial charge is 0.408 e. The maximum atomic E-state index is 12.4. The zero-order valence-corrected chi connectivity index (χ0v) is 15.8. The topological polar surface area (TPSA) is 108 Å². The monoisotopic (exact) mass is 343 g/mol. The molecule has 0 heterocycles. The molecule has 140 valence electrons. The van der Waals surface area contributed by atoms with Gasteiger partial charge in [0.2, 0.25) is 5.91 Å². The summed E-state index contributed by atoms with van der Waals surface area (Å²) in [6, 6.07) is -1.96. The lowest BCUT2D eigenvalue weighted by Crippen LogP contribution is -2.55. The molecule has 0 aromatic rings. The fourth-order valence-electron chi connectivity index (χ4n) is 2.11. The first-order valence-electron chi connectivity index (χ1n) is 8.32. The third-order valence-corrected chi connectivity index (χ3v) is 3.02. The highest BCUT2D eigenvalue weighted by molar-refractivity contribution is 5.88. The number of carbonyl (C=O) groups excluding carboxylic acids is 3. The van der Waals surface area contributed by atoms with Crippen molar-refractivity contribution in [3.05, 3.63) is 0 Å². The zero-order chi connectivity index (χ0) is 19.1. The normalized spacial score (nSPS) is 14.2. The van der Waals surface area contributed by atoms with E-state index >= 15 is 0 Å². The van der Waals surface area contributed by atoms with E-state index in [1.54, 1.807) is 20.8 Å². The van der Waals surface area contributed by atoms with Crippen molar-refractivity contribution in [3.8, 4) is 0 Å². The van der Waals surface area contributed by atoms with Crippen LogP contribution in [-0.4, -0.2) is 35.7 Å². The molecule has 2 amide bonds. The quantitative estimate of drug-likeness (QED) is 0.689. The molecule has 0 aromatic carbocycles. The summed E-state index contributed by atoms with van der Waals surface area (Å²) in [4.78, 5) is 35.5. The van der Waals surface area contributed by atoms with E-state index in [2.05, 4.69) is 10.6 Å². The van der Waals surface area contributed by atoms with Gasteiger partial charge in [-0.15, -0.1) is 0 Å². The van der Waals surface area contributed by atoms with Crippen LogP contribution in [0.1, 0.15) is 61.3 Å². The van der Waals surface area contributed by atoms with Gasteiger partial charge in [-0.3, -0.25) is 4.79 Å². The van der Waals surface area contributed by atoms with Crippen LogP contribution in [-0.2, 0) is 14.3 Å². The number of alkyl carbamates (subject to hydrolysis) is 1. The average Bonchev–Trinajstić information content (AvgIpc) is 2.33. The molecule has 7 heteroatoms. The molecule has 0 aromatic heterocycles. The zero-order valence-electron chi connectivity index (χ0n) is 15.8. The van der Waals surface area contributed by atoms with Crippen molar-refractivity contribution >= 4 is 18.0 Å². The maximum absolute atomic E-state index is 12.4. The molecule has 24 heavy (non-hydrogen) atoms. The molecule has 0 aliphatic rings. The van der Waals surface area contributed by atoms with Gasteiger partial charge in [0, 0.05) is 0 Å². The van der Waals surface area contributed by atoms with Crippen molar-refractivity contribution in [3.63, 3.8) is 0 Å². The number of carbonyl (C=O) groups is 3. The van der Waals surface area contributed by atoms with E-state index in [1.807, 2.05) is 27.7 Å². The molecule has 0 rings (SSSR count). The highest BCUT2D eigenvalue weighted by Crippen LogP contribution is 2.11. The molecule has 0 saturated carbocycles. The van der Waals surface area contributed by atoms with Gasteiger partial charge >= 0.3 is 6.09 Å². The summed E-state index contributed by atoms with van der Waals surface area (Å²) < 4.78 is 5.16. The number of ether oxygens (including phenoxy) is 1. The van der Waals surface area contributed by atoms with E-state index in [0.717, 1.165) is 0 Å². The Labute approximate surface area is 144 Å². The van der Waals surface area contributed by atoms with Gasteiger partial charge in [0.05, 0.1) is 12.0 Å². The minimum atomic E-state index is -1.34. The molecule has 2 atom stereocenters. The van der Waals surface area contributed by atoms with Crippen molar-refractivity contribution < 1.29 is 24.2 Å². The highest BCUT2D eigenvalue weighted by Gasteiger charge is 2.27. The number of carboxylic acids is 1. The second kappa shape index (κ2) is 9.49. The number of rotatable bonds is 8. The Balaban J connectivity index is 4.98. The third-order valence-electron chi connectivity index (χ3n) is 3.02. The van der Waals surface area contributed by atoms with Crippen LogP contribution >= 0.6 is 0 Å². The maximum Gasteiger partial charge on any atom is 0.408 e. The van der Waals surface area contributed by atoms with Gasteiger partial charge in [-0.25, -0.2) is 4.79 Å². The molecule has 0 saturated heterocycles. The van der Waals surface area contributed by atoms with E-state index in [9.17, 15) is 19.5 Å². The van der Waals surface area contributed by atoms with Crippen LogP contribution in [0.25, 0.3) is 0 Å². The summed E-state index contributed by atoms with van der Waals surface area (Å²) in [6.45, 7) is 12.7. The number of nitrogens with one attached hydrogen (secondary N) is 2. The van der Waals surface area contributed by atoms with Crippen molar-refractivity contribution in [1.82, 2.24) is 10.6 Å². The Hall–Kier alpha value is -1.79. The van der Waals surface area contributed by atoms with Crippen LogP contribution in [0.5, 0.6) is 0 Å². The predicted octanol–water partition coefficient (Wildman–Crippen LogP) is 1.21. The lowest BCUT2D eigenvalue weighted by Gasteiger charge is -2.27. The largest absolute Gasteiger partial charge is 0.548 e. The molecular weight excluding hydrogens is 312 g/mol. The van der Waals surface area contributed by atoms with Crippen LogP contribution in [0.15, 0.2) is 0 Å². The molecule has 0 bridgehead atoms. The number of carboxylic acid groups (broad SMARTS) is 1. The van der Waals surface area contributed by atoms with E-state index in [4.69, 9.17) is 4.74 Å². The van der Waals surface area contributed by atoms with E-state index in [0.29, 0.717) is 6.42 Å². The second-order valence-electron chi connectivity index (χ2n) is 7.84. The van der Waals surface area contributed by atoms with Crippen molar-refractivity contribution in [2.45, 2.75) is 79.0 Å². The molecule has 0 radical (unpaired) electrons. The van der Waals surface area contributed by atoms with Crippen LogP contribution in [0.2, 0.25) is 0 Å². The van der Waals surface area contributed by atoms with E-state index < -0.39 is 35.7 Å². The minimum absolute atomic E-state index is 0.0792. The summed E-state index contributed by atoms with van der Waals surface area (Å²) in [5, 5.41) is 16.2. The van der Waals surface area contributed by atoms with E-state index in [1.165, 1.54) is 0 Å². The molecule has 0 aliphatic heterocycles. The van der Waals surface area contributed by atoms with Crippen LogP contribution in [0.4, 0.5) is 4.79 Å². The first kappa shape index (κ1) is 22.2. The van der Waals surface area contributed by atoms with Gasteiger partial charge in [-0.1, -0.05) is 27.7 Å². The second-order valence-corrected chi connectivity index (χ2v) is 7.84. The molecular formula is C17H31N2O5-. The summed E-state index contributed by atoms with van der Waals surface area (Å²) in [5.74, 6) is -1.68. The lowest BCUT2D eigenvalue weighted by atomic mass is 10.0. The molecule has 0 unspecified atom stereocenters. The van der Waals surface area contributed by atoms with Gasteiger partial charge in [-0.2, -0.15) is 0 Å². The summed E-state index contributed by atoms with van der Waals surface area (Å²) in [5.41, 5.74) is -0.686. The highest BCUT2D eigenvalue weighted by atomic mass is 16.6. The Kier molecular flexibility index (Phi) is 8.78. The molecule has 0 aliphatic carbocycles. The van der Waals surface area contributed by atoms with Crippen molar-refractivity contribution in [2.24, 2.45) is 11.8 Å². The van der Waals surface area contributed by atoms with Gasteiger partial charge in [0.1, 0.15) is 11.6 Å². The minimum Gasteiger partial charge on any atom is -0.548 e. The van der Waals surface area contributed by atoms with E-state index in [-0.39, 0.29) is 18.3 Å². The van der Waals surface area contributed by atoms with Gasteiger partial charge in [-0.05, 0) is 45.4 Å². The fraction of sp³-hybridized carbons (Fsp3) is 0.824. The Morgan fingerprint density at radius 1 is 0.917 bits per heavy atom. The van der Waals surface area contributed by atoms with Gasteiger partial charge in [0.25, 0.3) is 0 Å². The molecule has 7 nitrogen and oxygen atoms in total. The van der Waals surface area contributed by atoms with Gasteiger partial charge in [0.15, 0.2) is 0 Å². The molecule has 2 N–H and O–H groups in total. The Bertz CT molecular complexity index is 441. The molecule has 0 spiro atoms. The molecule has 0 fully saturated rings. The third kappa shape index (κ3) is 10.1.